The van der Waals surface area contributed by atoms with Crippen LogP contribution in [0.4, 0.5) is 5.69 Å². The number of amides is 2. The monoisotopic (exact) mass is 359 g/mol. The first-order chi connectivity index (χ1) is 13.1. The van der Waals surface area contributed by atoms with E-state index >= 15 is 0 Å². The van der Waals surface area contributed by atoms with Crippen molar-refractivity contribution in [2.24, 2.45) is 23.7 Å². The second-order valence-electron chi connectivity index (χ2n) is 7.68. The van der Waals surface area contributed by atoms with Gasteiger partial charge in [-0.15, -0.1) is 0 Å². The summed E-state index contributed by atoms with van der Waals surface area (Å²) in [5.41, 5.74) is 1.74. The minimum Gasteiger partial charge on any atom is -0.486 e. The minimum absolute atomic E-state index is 0.0480. The van der Waals surface area contributed by atoms with E-state index in [4.69, 9.17) is 4.74 Å². The van der Waals surface area contributed by atoms with Crippen LogP contribution in [0.3, 0.4) is 0 Å². The molecule has 5 unspecified atom stereocenters. The maximum absolute atomic E-state index is 12.9. The molecular weight excluding hydrogens is 338 g/mol. The molecule has 0 N–H and O–H groups in total. The zero-order chi connectivity index (χ0) is 18.5. The number of hydrogen-bond acceptors (Lipinski definition) is 3. The number of carbonyl (C=O) groups is 2. The topological polar surface area (TPSA) is 46.6 Å². The molecule has 2 bridgehead atoms. The number of carbonyl (C=O) groups excluding carboxylic acids is 2. The van der Waals surface area contributed by atoms with E-state index in [2.05, 4.69) is 12.2 Å². The van der Waals surface area contributed by atoms with Crippen molar-refractivity contribution in [2.75, 3.05) is 4.90 Å². The van der Waals surface area contributed by atoms with Gasteiger partial charge in [0.05, 0.1) is 17.5 Å². The van der Waals surface area contributed by atoms with E-state index in [1.54, 1.807) is 12.1 Å². The molecule has 0 radical (unpaired) electrons. The third kappa shape index (κ3) is 2.51. The first-order valence-corrected chi connectivity index (χ1v) is 9.51. The van der Waals surface area contributed by atoms with Crippen molar-refractivity contribution >= 4 is 17.5 Å². The number of imide groups is 1. The smallest absolute Gasteiger partial charge is 0.238 e. The molecule has 2 aromatic rings. The van der Waals surface area contributed by atoms with Crippen LogP contribution in [0.5, 0.6) is 5.75 Å². The number of nitrogens with zero attached hydrogens (tertiary/aromatic N) is 1. The molecule has 2 fully saturated rings. The maximum atomic E-state index is 12.9. The van der Waals surface area contributed by atoms with Gasteiger partial charge in [0, 0.05) is 0 Å². The van der Waals surface area contributed by atoms with Gasteiger partial charge in [-0.05, 0) is 55.0 Å². The summed E-state index contributed by atoms with van der Waals surface area (Å²) in [5.74, 6) is 0.757. The number of fused-ring (bicyclic) bond motifs is 5. The molecule has 2 aromatic carbocycles. The molecule has 4 heteroatoms. The van der Waals surface area contributed by atoms with Gasteiger partial charge in [-0.1, -0.05) is 42.5 Å². The number of rotatable bonds is 4. The minimum atomic E-state index is -0.165. The molecule has 0 spiro atoms. The third-order valence-corrected chi connectivity index (χ3v) is 6.15. The van der Waals surface area contributed by atoms with Gasteiger partial charge in [0.1, 0.15) is 11.9 Å². The van der Waals surface area contributed by atoms with Crippen LogP contribution in [0.1, 0.15) is 25.0 Å². The van der Waals surface area contributed by atoms with Crippen molar-refractivity contribution in [3.05, 3.63) is 72.3 Å². The van der Waals surface area contributed by atoms with E-state index in [0.717, 1.165) is 17.7 Å². The Kier molecular flexibility index (Phi) is 3.67. The summed E-state index contributed by atoms with van der Waals surface area (Å²) in [6.07, 6.45) is 5.10. The largest absolute Gasteiger partial charge is 0.486 e. The highest BCUT2D eigenvalue weighted by Crippen LogP contribution is 2.53. The predicted molar refractivity (Wildman–Crippen MR) is 102 cm³/mol. The summed E-state index contributed by atoms with van der Waals surface area (Å²) >= 11 is 0. The standard InChI is InChI=1S/C23H21NO3/c1-14(15-5-3-2-4-6-15)27-19-11-9-18(10-12-19)24-22(25)20-16-7-8-17(13-16)21(20)23(24)26/h2-12,14,16-17,20-21H,13H2,1H3. The Hall–Kier alpha value is -2.88. The van der Waals surface area contributed by atoms with Gasteiger partial charge in [-0.3, -0.25) is 14.5 Å². The number of benzene rings is 2. The Bertz CT molecular complexity index is 888. The van der Waals surface area contributed by atoms with Crippen LogP contribution in [0.2, 0.25) is 0 Å². The van der Waals surface area contributed by atoms with Gasteiger partial charge < -0.3 is 4.74 Å². The predicted octanol–water partition coefficient (Wildman–Crippen LogP) is 4.14. The van der Waals surface area contributed by atoms with E-state index in [1.807, 2.05) is 49.4 Å². The fraction of sp³-hybridized carbons (Fsp3) is 0.304. The van der Waals surface area contributed by atoms with Crippen LogP contribution in [0.25, 0.3) is 0 Å². The van der Waals surface area contributed by atoms with E-state index in [1.165, 1.54) is 4.90 Å². The molecular formula is C23H21NO3. The van der Waals surface area contributed by atoms with Crippen molar-refractivity contribution in [3.8, 4) is 5.75 Å². The first kappa shape index (κ1) is 16.3. The molecule has 5 rings (SSSR count). The Morgan fingerprint density at radius 2 is 1.48 bits per heavy atom. The number of ether oxygens (including phenoxy) is 1. The molecule has 4 nitrogen and oxygen atoms in total. The zero-order valence-electron chi connectivity index (χ0n) is 15.1. The molecule has 2 amide bonds. The number of hydrogen-bond donors (Lipinski definition) is 0. The maximum Gasteiger partial charge on any atom is 0.238 e. The van der Waals surface area contributed by atoms with Crippen molar-refractivity contribution < 1.29 is 14.3 Å². The van der Waals surface area contributed by atoms with Crippen molar-refractivity contribution in [3.63, 3.8) is 0 Å². The highest BCUT2D eigenvalue weighted by Gasteiger charge is 2.59. The van der Waals surface area contributed by atoms with E-state index in [0.29, 0.717) is 5.69 Å². The highest BCUT2D eigenvalue weighted by molar-refractivity contribution is 6.22. The average molecular weight is 359 g/mol. The van der Waals surface area contributed by atoms with Crippen molar-refractivity contribution in [1.29, 1.82) is 0 Å². The van der Waals surface area contributed by atoms with Gasteiger partial charge >= 0.3 is 0 Å². The third-order valence-electron chi connectivity index (χ3n) is 6.15. The van der Waals surface area contributed by atoms with Gasteiger partial charge in [0.2, 0.25) is 11.8 Å². The molecule has 2 aliphatic carbocycles. The van der Waals surface area contributed by atoms with Crippen LogP contribution in [-0.4, -0.2) is 11.8 Å². The lowest BCUT2D eigenvalue weighted by atomic mass is 9.85. The van der Waals surface area contributed by atoms with Crippen LogP contribution >= 0.6 is 0 Å². The zero-order valence-corrected chi connectivity index (χ0v) is 15.1. The van der Waals surface area contributed by atoms with E-state index in [-0.39, 0.29) is 41.6 Å². The SMILES string of the molecule is CC(Oc1ccc(N2C(=O)C3C4C=CC(C4)C3C2=O)cc1)c1ccccc1. The summed E-state index contributed by atoms with van der Waals surface area (Å²) in [7, 11) is 0. The molecule has 1 saturated heterocycles. The fourth-order valence-corrected chi connectivity index (χ4v) is 4.83. The summed E-state index contributed by atoms with van der Waals surface area (Å²) in [5, 5.41) is 0. The van der Waals surface area contributed by atoms with Gasteiger partial charge in [-0.2, -0.15) is 0 Å². The molecule has 27 heavy (non-hydrogen) atoms. The number of allylic oxidation sites excluding steroid dienone is 2. The highest BCUT2D eigenvalue weighted by atomic mass is 16.5. The van der Waals surface area contributed by atoms with Crippen LogP contribution in [0, 0.1) is 23.7 Å². The van der Waals surface area contributed by atoms with Crippen molar-refractivity contribution in [1.82, 2.24) is 0 Å². The van der Waals surface area contributed by atoms with Crippen LogP contribution < -0.4 is 9.64 Å². The molecule has 5 atom stereocenters. The van der Waals surface area contributed by atoms with Crippen LogP contribution in [-0.2, 0) is 9.59 Å². The summed E-state index contributed by atoms with van der Waals surface area (Å²) in [4.78, 5) is 27.1. The lowest BCUT2D eigenvalue weighted by Gasteiger charge is -2.19. The second-order valence-corrected chi connectivity index (χ2v) is 7.68. The van der Waals surface area contributed by atoms with E-state index in [9.17, 15) is 9.59 Å². The summed E-state index contributed by atoms with van der Waals surface area (Å²) < 4.78 is 5.99. The Balaban J connectivity index is 1.34. The van der Waals surface area contributed by atoms with Gasteiger partial charge in [0.15, 0.2) is 0 Å². The molecule has 1 aliphatic heterocycles. The lowest BCUT2D eigenvalue weighted by molar-refractivity contribution is -0.123. The molecule has 1 saturated carbocycles. The van der Waals surface area contributed by atoms with Crippen molar-refractivity contribution in [2.45, 2.75) is 19.4 Å². The Morgan fingerprint density at radius 1 is 0.889 bits per heavy atom. The Morgan fingerprint density at radius 3 is 2.07 bits per heavy atom. The van der Waals surface area contributed by atoms with Gasteiger partial charge in [-0.25, -0.2) is 0 Å². The lowest BCUT2D eigenvalue weighted by Crippen LogP contribution is -2.32. The Labute approximate surface area is 158 Å². The fourth-order valence-electron chi connectivity index (χ4n) is 4.83. The average Bonchev–Trinajstić information content (AvgIpc) is 3.37. The molecule has 136 valence electrons. The molecule has 0 aromatic heterocycles. The quantitative estimate of drug-likeness (QED) is 0.609. The first-order valence-electron chi connectivity index (χ1n) is 9.51. The summed E-state index contributed by atoms with van der Waals surface area (Å²) in [6.45, 7) is 2.00. The van der Waals surface area contributed by atoms with Crippen LogP contribution in [0.15, 0.2) is 66.7 Å². The van der Waals surface area contributed by atoms with Gasteiger partial charge in [0.25, 0.3) is 0 Å². The molecule has 3 aliphatic rings. The normalized spacial score (nSPS) is 29.3. The molecule has 1 heterocycles. The van der Waals surface area contributed by atoms with E-state index < -0.39 is 0 Å². The number of anilines is 1. The second kappa shape index (κ2) is 6.08. The summed E-state index contributed by atoms with van der Waals surface area (Å²) in [6, 6.07) is 17.3.